The van der Waals surface area contributed by atoms with E-state index in [4.69, 9.17) is 9.47 Å². The lowest BCUT2D eigenvalue weighted by Gasteiger charge is -2.33. The Balaban J connectivity index is 1.72. The van der Waals surface area contributed by atoms with Gasteiger partial charge in [0.25, 0.3) is 0 Å². The van der Waals surface area contributed by atoms with E-state index in [1.165, 1.54) is 21.9 Å². The summed E-state index contributed by atoms with van der Waals surface area (Å²) >= 11 is 0. The smallest absolute Gasteiger partial charge is 0.214 e. The first kappa shape index (κ1) is 21.2. The number of ether oxygens (including phenoxy) is 2. The number of aromatic nitrogens is 4. The third-order valence-corrected chi connectivity index (χ3v) is 5.96. The summed E-state index contributed by atoms with van der Waals surface area (Å²) in [5.74, 6) is 1.90. The maximum atomic E-state index is 13.3. The summed E-state index contributed by atoms with van der Waals surface area (Å²) in [5, 5.41) is 12.7. The van der Waals surface area contributed by atoms with E-state index in [0.717, 1.165) is 43.1 Å². The van der Waals surface area contributed by atoms with E-state index in [-0.39, 0.29) is 11.9 Å². The fraction of sp³-hybridized carbons (Fsp3) is 0.409. The topological polar surface area (TPSA) is 70.9 Å². The Morgan fingerprint density at radius 3 is 2.39 bits per heavy atom. The zero-order valence-electron chi connectivity index (χ0n) is 18.1. The number of hydrogen-bond donors (Lipinski definition) is 2. The molecule has 4 rings (SSSR count). The van der Waals surface area contributed by atoms with Crippen molar-refractivity contribution in [1.29, 1.82) is 0 Å². The van der Waals surface area contributed by atoms with Crippen molar-refractivity contribution < 1.29 is 23.7 Å². The molecule has 0 unspecified atom stereocenters. The molecule has 1 aliphatic rings. The van der Waals surface area contributed by atoms with Gasteiger partial charge in [-0.15, -0.1) is 5.10 Å². The maximum Gasteiger partial charge on any atom is 0.214 e. The Bertz CT molecular complexity index is 1000. The van der Waals surface area contributed by atoms with Crippen LogP contribution in [0.1, 0.15) is 23.0 Å². The van der Waals surface area contributed by atoms with Crippen LogP contribution in [0.5, 0.6) is 11.5 Å². The fourth-order valence-electron chi connectivity index (χ4n) is 4.18. The van der Waals surface area contributed by atoms with Crippen molar-refractivity contribution >= 4 is 0 Å². The monoisotopic (exact) mass is 428 g/mol. The van der Waals surface area contributed by atoms with E-state index >= 15 is 0 Å². The molecule has 0 bridgehead atoms. The van der Waals surface area contributed by atoms with Crippen molar-refractivity contribution in [2.75, 3.05) is 47.4 Å². The molecule has 0 spiro atoms. The summed E-state index contributed by atoms with van der Waals surface area (Å²) in [4.78, 5) is 2.94. The first-order valence-electron chi connectivity index (χ1n) is 10.5. The van der Waals surface area contributed by atoms with Gasteiger partial charge in [0.2, 0.25) is 5.82 Å². The van der Waals surface area contributed by atoms with Crippen molar-refractivity contribution in [3.8, 4) is 11.5 Å². The molecule has 1 saturated heterocycles. The number of quaternary nitrogens is 2. The third kappa shape index (κ3) is 4.67. The van der Waals surface area contributed by atoms with Crippen LogP contribution in [-0.2, 0) is 6.54 Å². The van der Waals surface area contributed by atoms with Crippen molar-refractivity contribution in [1.82, 2.24) is 20.2 Å². The predicted molar refractivity (Wildman–Crippen MR) is 112 cm³/mol. The molecule has 0 radical (unpaired) electrons. The van der Waals surface area contributed by atoms with Crippen molar-refractivity contribution in [2.45, 2.75) is 12.6 Å². The molecule has 8 nitrogen and oxygen atoms in total. The lowest BCUT2D eigenvalue weighted by atomic mass is 10.0. The van der Waals surface area contributed by atoms with E-state index in [2.05, 4.69) is 28.6 Å². The SMILES string of the molecule is COc1ccc([C@@H](c2nnnn2Cc2ccc(F)cc2)[NH+]2CC[NH+](C)CC2)cc1OC. The molecule has 164 valence electrons. The number of nitrogens with zero attached hydrogens (tertiary/aromatic N) is 4. The molecule has 0 aliphatic carbocycles. The quantitative estimate of drug-likeness (QED) is 0.525. The minimum atomic E-state index is -0.256. The van der Waals surface area contributed by atoms with Gasteiger partial charge in [0.05, 0.1) is 27.8 Å². The number of halogens is 1. The number of tetrazole rings is 1. The second kappa shape index (κ2) is 9.40. The fourth-order valence-corrected chi connectivity index (χ4v) is 4.18. The molecule has 31 heavy (non-hydrogen) atoms. The molecule has 1 aromatic heterocycles. The highest BCUT2D eigenvalue weighted by Crippen LogP contribution is 2.31. The number of benzene rings is 2. The number of rotatable bonds is 7. The highest BCUT2D eigenvalue weighted by atomic mass is 19.1. The van der Waals surface area contributed by atoms with Gasteiger partial charge in [0.15, 0.2) is 17.5 Å². The molecular formula is C22H29FN6O2+2. The van der Waals surface area contributed by atoms with E-state index in [9.17, 15) is 4.39 Å². The molecule has 1 atom stereocenters. The average molecular weight is 429 g/mol. The Kier molecular flexibility index (Phi) is 6.43. The van der Waals surface area contributed by atoms with E-state index in [1.54, 1.807) is 26.4 Å². The van der Waals surface area contributed by atoms with Crippen LogP contribution in [0.2, 0.25) is 0 Å². The van der Waals surface area contributed by atoms with Crippen molar-refractivity contribution in [3.05, 3.63) is 65.2 Å². The van der Waals surface area contributed by atoms with Crippen LogP contribution >= 0.6 is 0 Å². The summed E-state index contributed by atoms with van der Waals surface area (Å²) in [5.41, 5.74) is 2.01. The molecule has 0 amide bonds. The van der Waals surface area contributed by atoms with Gasteiger partial charge in [-0.1, -0.05) is 12.1 Å². The van der Waals surface area contributed by atoms with Crippen LogP contribution < -0.4 is 19.3 Å². The lowest BCUT2D eigenvalue weighted by molar-refractivity contribution is -1.02. The van der Waals surface area contributed by atoms with Crippen LogP contribution in [-0.4, -0.2) is 67.7 Å². The second-order valence-electron chi connectivity index (χ2n) is 7.98. The van der Waals surface area contributed by atoms with Crippen LogP contribution in [0.25, 0.3) is 0 Å². The highest BCUT2D eigenvalue weighted by molar-refractivity contribution is 5.44. The summed E-state index contributed by atoms with van der Waals surface area (Å²) < 4.78 is 26.1. The Morgan fingerprint density at radius 2 is 1.71 bits per heavy atom. The molecule has 1 aliphatic heterocycles. The molecule has 1 fully saturated rings. The number of hydrogen-bond acceptors (Lipinski definition) is 5. The zero-order valence-corrected chi connectivity index (χ0v) is 18.1. The summed E-state index contributed by atoms with van der Waals surface area (Å²) in [6, 6.07) is 12.4. The third-order valence-electron chi connectivity index (χ3n) is 5.96. The van der Waals surface area contributed by atoms with Gasteiger partial charge in [0, 0.05) is 5.56 Å². The summed E-state index contributed by atoms with van der Waals surface area (Å²) in [6.07, 6.45) is 0. The normalized spacial score (nSPS) is 19.7. The van der Waals surface area contributed by atoms with Gasteiger partial charge < -0.3 is 19.3 Å². The van der Waals surface area contributed by atoms with Gasteiger partial charge in [0.1, 0.15) is 32.0 Å². The molecule has 2 N–H and O–H groups in total. The maximum absolute atomic E-state index is 13.3. The van der Waals surface area contributed by atoms with Crippen LogP contribution in [0.3, 0.4) is 0 Å². The number of methoxy groups -OCH3 is 2. The van der Waals surface area contributed by atoms with Gasteiger partial charge in [-0.2, -0.15) is 0 Å². The number of piperazine rings is 1. The van der Waals surface area contributed by atoms with Crippen LogP contribution in [0.4, 0.5) is 4.39 Å². The molecule has 2 heterocycles. The van der Waals surface area contributed by atoms with Gasteiger partial charge in [-0.05, 0) is 46.3 Å². The molecule has 9 heteroatoms. The summed E-state index contributed by atoms with van der Waals surface area (Å²) in [6.45, 7) is 4.66. The Labute approximate surface area is 181 Å². The minimum Gasteiger partial charge on any atom is -0.493 e. The average Bonchev–Trinajstić information content (AvgIpc) is 3.24. The molecular weight excluding hydrogens is 399 g/mol. The zero-order chi connectivity index (χ0) is 21.8. The van der Waals surface area contributed by atoms with Crippen LogP contribution in [0.15, 0.2) is 42.5 Å². The number of nitrogens with one attached hydrogen (secondary N) is 2. The first-order chi connectivity index (χ1) is 15.1. The standard InChI is InChI=1S/C22H27FN6O2/c1-27-10-12-28(13-11-27)21(17-6-9-19(30-2)20(14-17)31-3)22-24-25-26-29(22)15-16-4-7-18(23)8-5-16/h4-9,14,21H,10-13,15H2,1-3H3/p+2/t21-/m0/s1. The van der Waals surface area contributed by atoms with Crippen molar-refractivity contribution in [3.63, 3.8) is 0 Å². The van der Waals surface area contributed by atoms with E-state index in [0.29, 0.717) is 18.0 Å². The van der Waals surface area contributed by atoms with E-state index < -0.39 is 0 Å². The molecule has 0 saturated carbocycles. The van der Waals surface area contributed by atoms with Gasteiger partial charge in [-0.25, -0.2) is 9.07 Å². The second-order valence-corrected chi connectivity index (χ2v) is 7.98. The predicted octanol–water partition coefficient (Wildman–Crippen LogP) is -0.620. The Morgan fingerprint density at radius 1 is 1.00 bits per heavy atom. The highest BCUT2D eigenvalue weighted by Gasteiger charge is 2.35. The minimum absolute atomic E-state index is 0.0524. The Hall–Kier alpha value is -3.04. The summed E-state index contributed by atoms with van der Waals surface area (Å²) in [7, 11) is 5.49. The molecule has 3 aromatic rings. The van der Waals surface area contributed by atoms with Crippen LogP contribution in [0, 0.1) is 5.82 Å². The lowest BCUT2D eigenvalue weighted by Crippen LogP contribution is -3.27. The molecule has 2 aromatic carbocycles. The number of likely N-dealkylation sites (N-methyl/N-ethyl adjacent to an activating group) is 1. The van der Waals surface area contributed by atoms with Crippen molar-refractivity contribution in [2.24, 2.45) is 0 Å². The largest absolute Gasteiger partial charge is 0.493 e. The van der Waals surface area contributed by atoms with Gasteiger partial charge in [-0.3, -0.25) is 0 Å². The van der Waals surface area contributed by atoms with E-state index in [1.807, 2.05) is 16.8 Å². The first-order valence-corrected chi connectivity index (χ1v) is 10.5. The van der Waals surface area contributed by atoms with Gasteiger partial charge >= 0.3 is 0 Å².